The molecule has 128 valence electrons. The highest BCUT2D eigenvalue weighted by molar-refractivity contribution is 6.19. The molecular weight excluding hydrogens is 329 g/mol. The molecule has 0 amide bonds. The van der Waals surface area contributed by atoms with Crippen LogP contribution in [0.25, 0.3) is 0 Å². The van der Waals surface area contributed by atoms with E-state index in [4.69, 9.17) is 4.74 Å². The maximum Gasteiger partial charge on any atom is 0.422 e. The van der Waals surface area contributed by atoms with E-state index >= 15 is 0 Å². The van der Waals surface area contributed by atoms with E-state index in [2.05, 4.69) is 4.74 Å². The van der Waals surface area contributed by atoms with Crippen molar-refractivity contribution >= 4 is 17.5 Å². The van der Waals surface area contributed by atoms with Crippen LogP contribution >= 0.6 is 0 Å². The summed E-state index contributed by atoms with van der Waals surface area (Å²) >= 11 is 0. The van der Waals surface area contributed by atoms with Gasteiger partial charge >= 0.3 is 12.1 Å². The van der Waals surface area contributed by atoms with Crippen molar-refractivity contribution in [1.82, 2.24) is 0 Å². The first-order valence-corrected chi connectivity index (χ1v) is 6.99. The van der Waals surface area contributed by atoms with E-state index in [0.717, 1.165) is 0 Å². The number of ketones is 2. The molecule has 1 aliphatic heterocycles. The van der Waals surface area contributed by atoms with Crippen LogP contribution in [0.3, 0.4) is 0 Å². The standard InChI is InChI=1S/C16H13F3O5/c17-16(18,19)9-24-15(22)14-12(21)8-23-13(14)7-6-11(20)10-4-2-1-3-5-10/h1-5H,6-9H2. The number of ether oxygens (including phenoxy) is 2. The van der Waals surface area contributed by atoms with Crippen molar-refractivity contribution in [3.63, 3.8) is 0 Å². The summed E-state index contributed by atoms with van der Waals surface area (Å²) in [7, 11) is 0. The topological polar surface area (TPSA) is 69.7 Å². The molecule has 8 heteroatoms. The molecule has 0 spiro atoms. The minimum absolute atomic E-state index is 0.0529. The molecule has 1 aromatic carbocycles. The van der Waals surface area contributed by atoms with Gasteiger partial charge in [-0.15, -0.1) is 0 Å². The quantitative estimate of drug-likeness (QED) is 0.452. The Morgan fingerprint density at radius 3 is 2.46 bits per heavy atom. The van der Waals surface area contributed by atoms with Crippen molar-refractivity contribution in [2.45, 2.75) is 19.0 Å². The molecule has 5 nitrogen and oxygen atoms in total. The molecule has 24 heavy (non-hydrogen) atoms. The van der Waals surface area contributed by atoms with Crippen molar-refractivity contribution in [2.24, 2.45) is 0 Å². The van der Waals surface area contributed by atoms with Crippen molar-refractivity contribution in [2.75, 3.05) is 13.2 Å². The fourth-order valence-electron chi connectivity index (χ4n) is 2.09. The molecule has 0 bridgehead atoms. The van der Waals surface area contributed by atoms with E-state index < -0.39 is 36.7 Å². The zero-order valence-electron chi connectivity index (χ0n) is 12.4. The average molecular weight is 342 g/mol. The molecule has 0 aromatic heterocycles. The second-order valence-electron chi connectivity index (χ2n) is 4.99. The van der Waals surface area contributed by atoms with Crippen LogP contribution in [0, 0.1) is 0 Å². The van der Waals surface area contributed by atoms with Crippen LogP contribution in [0.1, 0.15) is 23.2 Å². The number of hydrogen-bond donors (Lipinski definition) is 0. The van der Waals surface area contributed by atoms with Gasteiger partial charge in [0.15, 0.2) is 19.0 Å². The fourth-order valence-corrected chi connectivity index (χ4v) is 2.09. The lowest BCUT2D eigenvalue weighted by atomic mass is 10.0. The normalized spacial score (nSPS) is 14.5. The van der Waals surface area contributed by atoms with E-state index in [9.17, 15) is 27.6 Å². The zero-order valence-corrected chi connectivity index (χ0v) is 12.4. The minimum Gasteiger partial charge on any atom is -0.489 e. The molecule has 0 saturated carbocycles. The minimum atomic E-state index is -4.69. The number of benzene rings is 1. The highest BCUT2D eigenvalue weighted by Crippen LogP contribution is 2.24. The van der Waals surface area contributed by atoms with Crippen molar-refractivity contribution in [1.29, 1.82) is 0 Å². The third-order valence-electron chi connectivity index (χ3n) is 3.18. The Labute approximate surface area is 135 Å². The van der Waals surface area contributed by atoms with Gasteiger partial charge in [0.05, 0.1) is 0 Å². The zero-order chi connectivity index (χ0) is 17.7. The number of esters is 1. The lowest BCUT2D eigenvalue weighted by molar-refractivity contribution is -0.183. The van der Waals surface area contributed by atoms with E-state index in [1.54, 1.807) is 30.3 Å². The van der Waals surface area contributed by atoms with Crippen molar-refractivity contribution in [3.8, 4) is 0 Å². The Bertz CT molecular complexity index is 677. The van der Waals surface area contributed by atoms with Gasteiger partial charge in [-0.3, -0.25) is 9.59 Å². The molecule has 0 unspecified atom stereocenters. The van der Waals surface area contributed by atoms with Gasteiger partial charge < -0.3 is 9.47 Å². The Hall–Kier alpha value is -2.64. The van der Waals surface area contributed by atoms with Gasteiger partial charge in [0, 0.05) is 18.4 Å². The molecular formula is C16H13F3O5. The van der Waals surface area contributed by atoms with Gasteiger partial charge in [0.25, 0.3) is 0 Å². The maximum absolute atomic E-state index is 12.1. The molecule has 0 saturated heterocycles. The summed E-state index contributed by atoms with van der Waals surface area (Å²) in [5, 5.41) is 0. The van der Waals surface area contributed by atoms with Gasteiger partial charge in [-0.25, -0.2) is 4.79 Å². The number of hydrogen-bond acceptors (Lipinski definition) is 5. The van der Waals surface area contributed by atoms with Crippen LogP contribution in [0.5, 0.6) is 0 Å². The third-order valence-corrected chi connectivity index (χ3v) is 3.18. The molecule has 1 heterocycles. The van der Waals surface area contributed by atoms with Gasteiger partial charge in [-0.1, -0.05) is 30.3 Å². The van der Waals surface area contributed by atoms with Gasteiger partial charge in [-0.2, -0.15) is 13.2 Å². The molecule has 0 N–H and O–H groups in total. The highest BCUT2D eigenvalue weighted by Gasteiger charge is 2.35. The number of halogens is 3. The lowest BCUT2D eigenvalue weighted by Crippen LogP contribution is -2.23. The Morgan fingerprint density at radius 2 is 1.83 bits per heavy atom. The summed E-state index contributed by atoms with van der Waals surface area (Å²) in [5.74, 6) is -2.51. The predicted molar refractivity (Wildman–Crippen MR) is 75.0 cm³/mol. The van der Waals surface area contributed by atoms with Gasteiger partial charge in [-0.05, 0) is 0 Å². The smallest absolute Gasteiger partial charge is 0.422 e. The second kappa shape index (κ2) is 7.29. The van der Waals surface area contributed by atoms with Crippen LogP contribution in [0.15, 0.2) is 41.7 Å². The number of Topliss-reactive ketones (excluding diaryl/α,β-unsaturated/α-hetero) is 2. The van der Waals surface area contributed by atoms with Gasteiger partial charge in [0.2, 0.25) is 5.78 Å². The third kappa shape index (κ3) is 4.68. The predicted octanol–water partition coefficient (Wildman–Crippen LogP) is 2.61. The summed E-state index contributed by atoms with van der Waals surface area (Å²) in [6.07, 6.45) is -4.82. The Balaban J connectivity index is 2.03. The summed E-state index contributed by atoms with van der Waals surface area (Å²) in [6.45, 7) is -2.25. The van der Waals surface area contributed by atoms with Crippen molar-refractivity contribution in [3.05, 3.63) is 47.2 Å². The molecule has 0 atom stereocenters. The molecule has 0 aliphatic carbocycles. The second-order valence-corrected chi connectivity index (χ2v) is 4.99. The van der Waals surface area contributed by atoms with Crippen molar-refractivity contribution < 1.29 is 37.0 Å². The number of alkyl halides is 3. The van der Waals surface area contributed by atoms with Crippen LogP contribution in [-0.2, 0) is 19.1 Å². The first kappa shape index (κ1) is 17.7. The number of carbonyl (C=O) groups is 3. The molecule has 1 aliphatic rings. The van der Waals surface area contributed by atoms with E-state index in [1.807, 2.05) is 0 Å². The first-order chi connectivity index (χ1) is 11.3. The number of allylic oxidation sites excluding steroid dienone is 1. The summed E-state index contributed by atoms with van der Waals surface area (Å²) in [5.41, 5.74) is -0.108. The van der Waals surface area contributed by atoms with Crippen LogP contribution in [0.2, 0.25) is 0 Å². The van der Waals surface area contributed by atoms with E-state index in [1.165, 1.54) is 0 Å². The molecule has 1 aromatic rings. The average Bonchev–Trinajstić information content (AvgIpc) is 2.91. The number of rotatable bonds is 6. The highest BCUT2D eigenvalue weighted by atomic mass is 19.4. The summed E-state index contributed by atoms with van der Waals surface area (Å²) in [4.78, 5) is 35.3. The summed E-state index contributed by atoms with van der Waals surface area (Å²) in [6, 6.07) is 8.32. The fraction of sp³-hybridized carbons (Fsp3) is 0.312. The molecule has 0 radical (unpaired) electrons. The van der Waals surface area contributed by atoms with Crippen LogP contribution in [-0.4, -0.2) is 36.9 Å². The number of carbonyl (C=O) groups excluding carboxylic acids is 3. The first-order valence-electron chi connectivity index (χ1n) is 6.99. The molecule has 0 fully saturated rings. The Morgan fingerprint density at radius 1 is 1.17 bits per heavy atom. The lowest BCUT2D eigenvalue weighted by Gasteiger charge is -2.08. The largest absolute Gasteiger partial charge is 0.489 e. The summed E-state index contributed by atoms with van der Waals surface area (Å²) < 4.78 is 45.3. The Kier molecular flexibility index (Phi) is 5.38. The molecule has 2 rings (SSSR count). The van der Waals surface area contributed by atoms with E-state index in [0.29, 0.717) is 5.56 Å². The van der Waals surface area contributed by atoms with Gasteiger partial charge in [0.1, 0.15) is 11.3 Å². The van der Waals surface area contributed by atoms with E-state index in [-0.39, 0.29) is 24.4 Å². The monoisotopic (exact) mass is 342 g/mol. The van der Waals surface area contributed by atoms with Crippen LogP contribution < -0.4 is 0 Å². The maximum atomic E-state index is 12.1. The SMILES string of the molecule is O=C1COC(CCC(=O)c2ccccc2)=C1C(=O)OCC(F)(F)F. The van der Waals surface area contributed by atoms with Crippen LogP contribution in [0.4, 0.5) is 13.2 Å².